The maximum atomic E-state index is 11.9. The summed E-state index contributed by atoms with van der Waals surface area (Å²) in [5.74, 6) is -0.435. The zero-order chi connectivity index (χ0) is 13.0. The van der Waals surface area contributed by atoms with Crippen LogP contribution in [-0.2, 0) is 0 Å². The average molecular weight is 259 g/mol. The van der Waals surface area contributed by atoms with E-state index in [0.717, 1.165) is 0 Å². The van der Waals surface area contributed by atoms with E-state index >= 15 is 0 Å². The Kier molecular flexibility index (Phi) is 3.51. The van der Waals surface area contributed by atoms with Crippen molar-refractivity contribution in [2.45, 2.75) is 0 Å². The van der Waals surface area contributed by atoms with E-state index in [-0.39, 0.29) is 10.7 Å². The van der Waals surface area contributed by atoms with Gasteiger partial charge in [-0.2, -0.15) is 5.26 Å². The lowest BCUT2D eigenvalue weighted by Crippen LogP contribution is -2.14. The van der Waals surface area contributed by atoms with Gasteiger partial charge in [0.05, 0.1) is 10.6 Å². The first-order chi connectivity index (χ1) is 8.70. The molecule has 0 bridgehead atoms. The third-order valence-electron chi connectivity index (χ3n) is 2.12. The number of carbonyl (C=O) groups is 1. The molecule has 0 atom stereocenters. The zero-order valence-corrected chi connectivity index (χ0v) is 9.85. The van der Waals surface area contributed by atoms with E-state index in [9.17, 15) is 4.79 Å². The number of hydrogen-bond acceptors (Lipinski definition) is 4. The van der Waals surface area contributed by atoms with Crippen LogP contribution in [0.1, 0.15) is 16.1 Å². The minimum atomic E-state index is -0.435. The molecule has 18 heavy (non-hydrogen) atoms. The van der Waals surface area contributed by atoms with Gasteiger partial charge >= 0.3 is 0 Å². The summed E-state index contributed by atoms with van der Waals surface area (Å²) in [6.07, 6.45) is 4.42. The Morgan fingerprint density at radius 2 is 2.11 bits per heavy atom. The third kappa shape index (κ3) is 2.62. The van der Waals surface area contributed by atoms with Crippen molar-refractivity contribution in [1.82, 2.24) is 9.97 Å². The first-order valence-corrected chi connectivity index (χ1v) is 5.35. The second-order valence-electron chi connectivity index (χ2n) is 3.36. The van der Waals surface area contributed by atoms with Gasteiger partial charge in [-0.15, -0.1) is 0 Å². The van der Waals surface area contributed by atoms with Gasteiger partial charge in [0.1, 0.15) is 11.8 Å². The quantitative estimate of drug-likeness (QED) is 0.896. The Labute approximate surface area is 108 Å². The second kappa shape index (κ2) is 5.25. The van der Waals surface area contributed by atoms with Crippen LogP contribution in [0.4, 0.5) is 5.69 Å². The van der Waals surface area contributed by atoms with Crippen LogP contribution in [0.15, 0.2) is 36.8 Å². The third-order valence-corrected chi connectivity index (χ3v) is 2.41. The van der Waals surface area contributed by atoms with Crippen LogP contribution in [0.25, 0.3) is 0 Å². The summed E-state index contributed by atoms with van der Waals surface area (Å²) in [7, 11) is 0. The van der Waals surface area contributed by atoms with Crippen LogP contribution in [-0.4, -0.2) is 15.9 Å². The van der Waals surface area contributed by atoms with Gasteiger partial charge in [-0.3, -0.25) is 9.78 Å². The van der Waals surface area contributed by atoms with Crippen molar-refractivity contribution < 1.29 is 4.79 Å². The highest BCUT2D eigenvalue weighted by atomic mass is 35.5. The fourth-order valence-electron chi connectivity index (χ4n) is 1.29. The largest absolute Gasteiger partial charge is 0.320 e. The maximum absolute atomic E-state index is 11.9. The van der Waals surface area contributed by atoms with E-state index < -0.39 is 5.91 Å². The SMILES string of the molecule is N#Cc1cnc(C(=O)Nc2ccncc2)c(Cl)c1. The number of anilines is 1. The van der Waals surface area contributed by atoms with Crippen LogP contribution in [0.3, 0.4) is 0 Å². The molecular formula is C12H7ClN4O. The molecule has 0 spiro atoms. The van der Waals surface area contributed by atoms with E-state index in [1.165, 1.54) is 12.3 Å². The van der Waals surface area contributed by atoms with Gasteiger partial charge in [0.25, 0.3) is 5.91 Å². The van der Waals surface area contributed by atoms with Crippen LogP contribution < -0.4 is 5.32 Å². The van der Waals surface area contributed by atoms with E-state index in [1.807, 2.05) is 6.07 Å². The Bertz CT molecular complexity index is 622. The van der Waals surface area contributed by atoms with E-state index in [0.29, 0.717) is 11.3 Å². The number of halogens is 1. The number of nitrogens with one attached hydrogen (secondary N) is 1. The number of carbonyl (C=O) groups excluding carboxylic acids is 1. The molecule has 2 aromatic rings. The molecule has 0 radical (unpaired) electrons. The number of rotatable bonds is 2. The topological polar surface area (TPSA) is 78.7 Å². The zero-order valence-electron chi connectivity index (χ0n) is 9.09. The standard InChI is InChI=1S/C12H7ClN4O/c13-10-5-8(6-14)7-16-11(10)12(18)17-9-1-3-15-4-2-9/h1-5,7H,(H,15,17,18). The lowest BCUT2D eigenvalue weighted by atomic mass is 10.2. The van der Waals surface area contributed by atoms with Gasteiger partial charge in [0.15, 0.2) is 0 Å². The molecule has 0 aliphatic heterocycles. The molecule has 0 aromatic carbocycles. The molecule has 0 unspecified atom stereocenters. The molecule has 0 saturated heterocycles. The first kappa shape index (κ1) is 12.0. The van der Waals surface area contributed by atoms with Crippen LogP contribution in [0, 0.1) is 11.3 Å². The van der Waals surface area contributed by atoms with Gasteiger partial charge in [0.2, 0.25) is 0 Å². The molecule has 88 valence electrons. The van der Waals surface area contributed by atoms with Crippen molar-refractivity contribution in [1.29, 1.82) is 5.26 Å². The maximum Gasteiger partial charge on any atom is 0.275 e. The van der Waals surface area contributed by atoms with Crippen molar-refractivity contribution >= 4 is 23.2 Å². The number of nitriles is 1. The van der Waals surface area contributed by atoms with Crippen LogP contribution >= 0.6 is 11.6 Å². The Morgan fingerprint density at radius 3 is 2.72 bits per heavy atom. The fraction of sp³-hybridized carbons (Fsp3) is 0. The number of nitrogens with zero attached hydrogens (tertiary/aromatic N) is 3. The van der Waals surface area contributed by atoms with Crippen LogP contribution in [0.2, 0.25) is 5.02 Å². The van der Waals surface area contributed by atoms with Crippen molar-refractivity contribution in [3.05, 3.63) is 53.1 Å². The summed E-state index contributed by atoms with van der Waals surface area (Å²) in [6, 6.07) is 6.59. The number of hydrogen-bond donors (Lipinski definition) is 1. The minimum absolute atomic E-state index is 0.0764. The molecule has 0 saturated carbocycles. The van der Waals surface area contributed by atoms with Crippen molar-refractivity contribution in [3.63, 3.8) is 0 Å². The summed E-state index contributed by atoms with van der Waals surface area (Å²) in [6.45, 7) is 0. The van der Waals surface area contributed by atoms with Gasteiger partial charge in [-0.05, 0) is 18.2 Å². The average Bonchev–Trinajstić information content (AvgIpc) is 2.39. The molecular weight excluding hydrogens is 252 g/mol. The molecule has 0 fully saturated rings. The molecule has 2 aromatic heterocycles. The van der Waals surface area contributed by atoms with Gasteiger partial charge in [-0.1, -0.05) is 11.6 Å². The highest BCUT2D eigenvalue weighted by molar-refractivity contribution is 6.34. The number of aromatic nitrogens is 2. The molecule has 0 aliphatic rings. The molecule has 0 aliphatic carbocycles. The molecule has 2 heterocycles. The monoisotopic (exact) mass is 258 g/mol. The predicted molar refractivity (Wildman–Crippen MR) is 66.2 cm³/mol. The summed E-state index contributed by atoms with van der Waals surface area (Å²) in [4.78, 5) is 19.6. The molecule has 2 rings (SSSR count). The number of amides is 1. The summed E-state index contributed by atoms with van der Waals surface area (Å²) in [5.41, 5.74) is 0.977. The lowest BCUT2D eigenvalue weighted by Gasteiger charge is -2.05. The molecule has 1 N–H and O–H groups in total. The van der Waals surface area contributed by atoms with Crippen molar-refractivity contribution in [2.24, 2.45) is 0 Å². The molecule has 6 heteroatoms. The summed E-state index contributed by atoms with van der Waals surface area (Å²) in [5, 5.41) is 11.4. The Balaban J connectivity index is 2.22. The summed E-state index contributed by atoms with van der Waals surface area (Å²) >= 11 is 5.88. The predicted octanol–water partition coefficient (Wildman–Crippen LogP) is 2.25. The minimum Gasteiger partial charge on any atom is -0.320 e. The van der Waals surface area contributed by atoms with E-state index in [1.54, 1.807) is 24.5 Å². The van der Waals surface area contributed by atoms with Crippen molar-refractivity contribution in [2.75, 3.05) is 5.32 Å². The molecule has 1 amide bonds. The molecule has 5 nitrogen and oxygen atoms in total. The van der Waals surface area contributed by atoms with Gasteiger partial charge in [-0.25, -0.2) is 4.98 Å². The normalized spacial score (nSPS) is 9.56. The summed E-state index contributed by atoms with van der Waals surface area (Å²) < 4.78 is 0. The van der Waals surface area contributed by atoms with Gasteiger partial charge in [0, 0.05) is 24.3 Å². The lowest BCUT2D eigenvalue weighted by molar-refractivity contribution is 0.102. The second-order valence-corrected chi connectivity index (χ2v) is 3.76. The Morgan fingerprint density at radius 1 is 1.39 bits per heavy atom. The smallest absolute Gasteiger partial charge is 0.275 e. The van der Waals surface area contributed by atoms with Gasteiger partial charge < -0.3 is 5.32 Å². The highest BCUT2D eigenvalue weighted by Gasteiger charge is 2.12. The Hall–Kier alpha value is -2.45. The van der Waals surface area contributed by atoms with Crippen LogP contribution in [0.5, 0.6) is 0 Å². The fourth-order valence-corrected chi connectivity index (χ4v) is 1.54. The first-order valence-electron chi connectivity index (χ1n) is 4.97. The van der Waals surface area contributed by atoms with E-state index in [4.69, 9.17) is 16.9 Å². The highest BCUT2D eigenvalue weighted by Crippen LogP contribution is 2.16. The van der Waals surface area contributed by atoms with E-state index in [2.05, 4.69) is 15.3 Å². The van der Waals surface area contributed by atoms with Crippen molar-refractivity contribution in [3.8, 4) is 6.07 Å². The number of pyridine rings is 2.